The molecule has 0 saturated heterocycles. The third-order valence-corrected chi connectivity index (χ3v) is 2.83. The maximum Gasteiger partial charge on any atom is 0.168 e. The zero-order valence-corrected chi connectivity index (χ0v) is 10.6. The summed E-state index contributed by atoms with van der Waals surface area (Å²) in [6, 6.07) is 9.39. The molecule has 19 heavy (non-hydrogen) atoms. The molecule has 4 heteroatoms. The van der Waals surface area contributed by atoms with Crippen molar-refractivity contribution in [1.82, 2.24) is 0 Å². The highest BCUT2D eigenvalue weighted by Gasteiger charge is 2.14. The van der Waals surface area contributed by atoms with Crippen LogP contribution in [0.2, 0.25) is 0 Å². The number of carbonyl (C=O) groups excluding carboxylic acids is 1. The van der Waals surface area contributed by atoms with Crippen molar-refractivity contribution < 1.29 is 18.7 Å². The molecule has 98 valence electrons. The minimum absolute atomic E-state index is 0.270. The van der Waals surface area contributed by atoms with E-state index in [-0.39, 0.29) is 5.56 Å². The summed E-state index contributed by atoms with van der Waals surface area (Å²) < 4.78 is 23.7. The van der Waals surface area contributed by atoms with Crippen molar-refractivity contribution in [3.8, 4) is 22.6 Å². The van der Waals surface area contributed by atoms with E-state index < -0.39 is 5.82 Å². The zero-order valence-electron chi connectivity index (χ0n) is 10.6. The largest absolute Gasteiger partial charge is 0.493 e. The summed E-state index contributed by atoms with van der Waals surface area (Å²) in [5, 5.41) is 0. The Balaban J connectivity index is 2.68. The number of halogens is 1. The van der Waals surface area contributed by atoms with E-state index in [1.54, 1.807) is 24.3 Å². The number of aldehydes is 1. The van der Waals surface area contributed by atoms with Crippen LogP contribution in [-0.4, -0.2) is 20.5 Å². The van der Waals surface area contributed by atoms with Gasteiger partial charge < -0.3 is 9.47 Å². The molecule has 0 unspecified atom stereocenters. The van der Waals surface area contributed by atoms with E-state index in [0.717, 1.165) is 0 Å². The molecule has 0 spiro atoms. The fourth-order valence-corrected chi connectivity index (χ4v) is 1.98. The van der Waals surface area contributed by atoms with Gasteiger partial charge in [0.15, 0.2) is 17.8 Å². The van der Waals surface area contributed by atoms with Crippen molar-refractivity contribution in [1.29, 1.82) is 0 Å². The summed E-state index contributed by atoms with van der Waals surface area (Å²) in [5.74, 6) is 0.619. The number of rotatable bonds is 4. The lowest BCUT2D eigenvalue weighted by Gasteiger charge is -2.13. The summed E-state index contributed by atoms with van der Waals surface area (Å²) in [6.07, 6.45) is 0.622. The lowest BCUT2D eigenvalue weighted by molar-refractivity contribution is 0.112. The van der Waals surface area contributed by atoms with E-state index in [1.807, 2.05) is 0 Å². The zero-order chi connectivity index (χ0) is 13.8. The molecular formula is C15H13FO3. The van der Waals surface area contributed by atoms with Gasteiger partial charge in [0, 0.05) is 11.1 Å². The lowest BCUT2D eigenvalue weighted by atomic mass is 9.99. The monoisotopic (exact) mass is 260 g/mol. The molecule has 3 nitrogen and oxygen atoms in total. The number of carbonyl (C=O) groups is 1. The molecule has 0 N–H and O–H groups in total. The fraction of sp³-hybridized carbons (Fsp3) is 0.133. The molecule has 0 atom stereocenters. The second-order valence-electron chi connectivity index (χ2n) is 3.89. The molecule has 0 fully saturated rings. The van der Waals surface area contributed by atoms with Crippen LogP contribution in [0.5, 0.6) is 11.5 Å². The Bertz CT molecular complexity index is 608. The van der Waals surface area contributed by atoms with Crippen molar-refractivity contribution >= 4 is 6.29 Å². The SMILES string of the molecule is COc1cccc(-c2ccc(F)cc2C=O)c1OC. The van der Waals surface area contributed by atoms with Crippen LogP contribution in [0.1, 0.15) is 10.4 Å². The second kappa shape index (κ2) is 5.52. The van der Waals surface area contributed by atoms with Gasteiger partial charge in [0.1, 0.15) is 5.82 Å². The van der Waals surface area contributed by atoms with Gasteiger partial charge in [0.05, 0.1) is 14.2 Å². The first-order valence-electron chi connectivity index (χ1n) is 5.67. The maximum absolute atomic E-state index is 13.2. The predicted octanol–water partition coefficient (Wildman–Crippen LogP) is 3.32. The highest BCUT2D eigenvalue weighted by atomic mass is 19.1. The Morgan fingerprint density at radius 1 is 1.05 bits per heavy atom. The Kier molecular flexibility index (Phi) is 3.80. The van der Waals surface area contributed by atoms with E-state index in [9.17, 15) is 9.18 Å². The maximum atomic E-state index is 13.2. The first kappa shape index (κ1) is 13.1. The topological polar surface area (TPSA) is 35.5 Å². The van der Waals surface area contributed by atoms with Gasteiger partial charge in [0.25, 0.3) is 0 Å². The van der Waals surface area contributed by atoms with Crippen LogP contribution in [0.25, 0.3) is 11.1 Å². The molecule has 0 heterocycles. The van der Waals surface area contributed by atoms with Gasteiger partial charge in [0.2, 0.25) is 0 Å². The molecule has 0 aliphatic heterocycles. The van der Waals surface area contributed by atoms with Crippen LogP contribution in [0.4, 0.5) is 4.39 Å². The number of para-hydroxylation sites is 1. The van der Waals surface area contributed by atoms with E-state index in [4.69, 9.17) is 9.47 Å². The van der Waals surface area contributed by atoms with Crippen molar-refractivity contribution in [2.45, 2.75) is 0 Å². The Hall–Kier alpha value is -2.36. The van der Waals surface area contributed by atoms with E-state index in [0.29, 0.717) is 28.9 Å². The van der Waals surface area contributed by atoms with E-state index >= 15 is 0 Å². The molecule has 0 aliphatic rings. The van der Waals surface area contributed by atoms with E-state index in [2.05, 4.69) is 0 Å². The number of hydrogen-bond donors (Lipinski definition) is 0. The van der Waals surface area contributed by atoms with Gasteiger partial charge in [-0.25, -0.2) is 4.39 Å². The van der Waals surface area contributed by atoms with Gasteiger partial charge >= 0.3 is 0 Å². The van der Waals surface area contributed by atoms with Gasteiger partial charge in [-0.15, -0.1) is 0 Å². The average Bonchev–Trinajstić information content (AvgIpc) is 2.46. The first-order valence-corrected chi connectivity index (χ1v) is 5.67. The van der Waals surface area contributed by atoms with Gasteiger partial charge in [-0.05, 0) is 23.8 Å². The van der Waals surface area contributed by atoms with Gasteiger partial charge in [-0.3, -0.25) is 4.79 Å². The number of hydrogen-bond acceptors (Lipinski definition) is 3. The third kappa shape index (κ3) is 2.42. The first-order chi connectivity index (χ1) is 9.21. The Labute approximate surface area is 110 Å². The van der Waals surface area contributed by atoms with Crippen LogP contribution >= 0.6 is 0 Å². The highest BCUT2D eigenvalue weighted by Crippen LogP contribution is 2.38. The molecule has 2 rings (SSSR count). The summed E-state index contributed by atoms with van der Waals surface area (Å²) in [7, 11) is 3.05. The lowest BCUT2D eigenvalue weighted by Crippen LogP contribution is -1.95. The summed E-state index contributed by atoms with van der Waals surface area (Å²) in [6.45, 7) is 0. The second-order valence-corrected chi connectivity index (χ2v) is 3.89. The molecule has 2 aromatic carbocycles. The van der Waals surface area contributed by atoms with Crippen molar-refractivity contribution in [2.24, 2.45) is 0 Å². The van der Waals surface area contributed by atoms with Gasteiger partial charge in [-0.1, -0.05) is 18.2 Å². The quantitative estimate of drug-likeness (QED) is 0.791. The fourth-order valence-electron chi connectivity index (χ4n) is 1.98. The summed E-state index contributed by atoms with van der Waals surface area (Å²) >= 11 is 0. The summed E-state index contributed by atoms with van der Waals surface area (Å²) in [4.78, 5) is 11.1. The number of benzene rings is 2. The van der Waals surface area contributed by atoms with Crippen molar-refractivity contribution in [2.75, 3.05) is 14.2 Å². The van der Waals surface area contributed by atoms with Crippen LogP contribution in [0.15, 0.2) is 36.4 Å². The normalized spacial score (nSPS) is 10.1. The molecule has 2 aromatic rings. The molecule has 0 aromatic heterocycles. The van der Waals surface area contributed by atoms with Crippen LogP contribution in [-0.2, 0) is 0 Å². The predicted molar refractivity (Wildman–Crippen MR) is 70.3 cm³/mol. The van der Waals surface area contributed by atoms with Crippen LogP contribution in [0.3, 0.4) is 0 Å². The molecule has 0 bridgehead atoms. The molecule has 0 aliphatic carbocycles. The minimum Gasteiger partial charge on any atom is -0.493 e. The van der Waals surface area contributed by atoms with Crippen molar-refractivity contribution in [3.63, 3.8) is 0 Å². The smallest absolute Gasteiger partial charge is 0.168 e. The highest BCUT2D eigenvalue weighted by molar-refractivity contribution is 5.90. The Morgan fingerprint density at radius 2 is 1.84 bits per heavy atom. The average molecular weight is 260 g/mol. The summed E-state index contributed by atoms with van der Waals surface area (Å²) in [5.41, 5.74) is 1.56. The third-order valence-electron chi connectivity index (χ3n) is 2.83. The molecular weight excluding hydrogens is 247 g/mol. The van der Waals surface area contributed by atoms with Gasteiger partial charge in [-0.2, -0.15) is 0 Å². The molecule has 0 amide bonds. The minimum atomic E-state index is -0.451. The van der Waals surface area contributed by atoms with E-state index in [1.165, 1.54) is 26.4 Å². The van der Waals surface area contributed by atoms with Crippen LogP contribution in [0, 0.1) is 5.82 Å². The number of methoxy groups -OCH3 is 2. The van der Waals surface area contributed by atoms with Crippen LogP contribution < -0.4 is 9.47 Å². The number of ether oxygens (including phenoxy) is 2. The molecule has 0 saturated carbocycles. The van der Waals surface area contributed by atoms with Crippen molar-refractivity contribution in [3.05, 3.63) is 47.8 Å². The molecule has 0 radical (unpaired) electrons. The Morgan fingerprint density at radius 3 is 2.47 bits per heavy atom. The standard InChI is InChI=1S/C15H13FO3/c1-18-14-5-3-4-13(15(14)19-2)12-7-6-11(16)8-10(12)9-17/h3-9H,1-2H3.